The summed E-state index contributed by atoms with van der Waals surface area (Å²) in [5, 5.41) is 6.36. The van der Waals surface area contributed by atoms with E-state index >= 15 is 0 Å². The Bertz CT molecular complexity index is 617. The number of aromatic nitrogens is 1. The third-order valence-electron chi connectivity index (χ3n) is 3.06. The van der Waals surface area contributed by atoms with Crippen LogP contribution in [0.2, 0.25) is 0 Å². The van der Waals surface area contributed by atoms with Crippen molar-refractivity contribution in [1.29, 1.82) is 0 Å². The molecule has 0 fully saturated rings. The Morgan fingerprint density at radius 3 is 2.22 bits per heavy atom. The van der Waals surface area contributed by atoms with Crippen molar-refractivity contribution in [3.8, 4) is 5.88 Å². The molecule has 1 aromatic heterocycles. The van der Waals surface area contributed by atoms with Gasteiger partial charge in [-0.1, -0.05) is 18.2 Å². The molecule has 124 valence electrons. The van der Waals surface area contributed by atoms with E-state index in [9.17, 15) is 4.39 Å². The van der Waals surface area contributed by atoms with Crippen molar-refractivity contribution in [2.24, 2.45) is 4.99 Å². The normalized spacial score (nSPS) is 10.7. The number of guanidine groups is 1. The van der Waals surface area contributed by atoms with Crippen molar-refractivity contribution in [2.75, 3.05) is 14.2 Å². The molecule has 0 unspecified atom stereocenters. The molecular weight excluding hydrogens is 410 g/mol. The molecule has 0 bridgehead atoms. The Balaban J connectivity index is 0.00000264. The maximum atomic E-state index is 12.8. The topological polar surface area (TPSA) is 58.5 Å². The van der Waals surface area contributed by atoms with E-state index in [-0.39, 0.29) is 29.8 Å². The van der Waals surface area contributed by atoms with Gasteiger partial charge in [0.25, 0.3) is 0 Å². The number of halogens is 2. The molecule has 1 heterocycles. The van der Waals surface area contributed by atoms with Crippen LogP contribution in [0.5, 0.6) is 5.88 Å². The molecule has 1 aromatic carbocycles. The molecule has 0 aliphatic heterocycles. The highest BCUT2D eigenvalue weighted by molar-refractivity contribution is 14.0. The molecular formula is C16H20FIN4O. The van der Waals surface area contributed by atoms with Gasteiger partial charge in [-0.25, -0.2) is 9.37 Å². The lowest BCUT2D eigenvalue weighted by molar-refractivity contribution is 0.397. The maximum Gasteiger partial charge on any atom is 0.212 e. The summed E-state index contributed by atoms with van der Waals surface area (Å²) in [6, 6.07) is 10.1. The van der Waals surface area contributed by atoms with Gasteiger partial charge in [-0.2, -0.15) is 0 Å². The summed E-state index contributed by atoms with van der Waals surface area (Å²) in [5.74, 6) is 1.01. The van der Waals surface area contributed by atoms with Gasteiger partial charge in [0.2, 0.25) is 5.88 Å². The molecule has 5 nitrogen and oxygen atoms in total. The second kappa shape index (κ2) is 9.98. The molecule has 0 aliphatic carbocycles. The summed E-state index contributed by atoms with van der Waals surface area (Å²) in [5.41, 5.74) is 2.00. The van der Waals surface area contributed by atoms with E-state index in [0.29, 0.717) is 24.9 Å². The first-order valence-corrected chi connectivity index (χ1v) is 6.89. The Hall–Kier alpha value is -1.90. The molecule has 0 atom stereocenters. The molecule has 0 aliphatic rings. The van der Waals surface area contributed by atoms with Crippen LogP contribution in [0.4, 0.5) is 4.39 Å². The molecule has 0 spiro atoms. The van der Waals surface area contributed by atoms with Crippen molar-refractivity contribution in [3.05, 3.63) is 59.5 Å². The summed E-state index contributed by atoms with van der Waals surface area (Å²) in [4.78, 5) is 8.29. The lowest BCUT2D eigenvalue weighted by Crippen LogP contribution is -2.36. The fourth-order valence-corrected chi connectivity index (χ4v) is 1.83. The Kier molecular flexibility index (Phi) is 8.31. The first kappa shape index (κ1) is 19.1. The largest absolute Gasteiger partial charge is 0.481 e. The average Bonchev–Trinajstić information content (AvgIpc) is 2.57. The summed E-state index contributed by atoms with van der Waals surface area (Å²) < 4.78 is 17.9. The number of hydrogen-bond donors (Lipinski definition) is 2. The molecule has 0 saturated heterocycles. The van der Waals surface area contributed by atoms with Crippen LogP contribution in [0, 0.1) is 5.82 Å². The Morgan fingerprint density at radius 2 is 1.70 bits per heavy atom. The van der Waals surface area contributed by atoms with Gasteiger partial charge in [0.15, 0.2) is 5.96 Å². The highest BCUT2D eigenvalue weighted by atomic mass is 127. The van der Waals surface area contributed by atoms with Crippen LogP contribution in [0.25, 0.3) is 0 Å². The minimum atomic E-state index is -0.238. The summed E-state index contributed by atoms with van der Waals surface area (Å²) in [6.07, 6.45) is 1.75. The number of nitrogens with one attached hydrogen (secondary N) is 2. The molecule has 23 heavy (non-hydrogen) atoms. The number of rotatable bonds is 5. The second-order valence-electron chi connectivity index (χ2n) is 4.61. The minimum Gasteiger partial charge on any atom is -0.481 e. The highest BCUT2D eigenvalue weighted by Crippen LogP contribution is 2.06. The summed E-state index contributed by atoms with van der Waals surface area (Å²) in [6.45, 7) is 1.17. The van der Waals surface area contributed by atoms with Crippen molar-refractivity contribution in [2.45, 2.75) is 13.1 Å². The van der Waals surface area contributed by atoms with E-state index in [0.717, 1.165) is 11.1 Å². The van der Waals surface area contributed by atoms with E-state index in [1.165, 1.54) is 12.1 Å². The van der Waals surface area contributed by atoms with Crippen LogP contribution in [-0.4, -0.2) is 25.1 Å². The molecule has 0 amide bonds. The predicted octanol–water partition coefficient (Wildman–Crippen LogP) is 2.71. The predicted molar refractivity (Wildman–Crippen MR) is 99.6 cm³/mol. The van der Waals surface area contributed by atoms with Gasteiger partial charge in [0.05, 0.1) is 7.11 Å². The molecule has 7 heteroatoms. The van der Waals surface area contributed by atoms with Crippen LogP contribution < -0.4 is 15.4 Å². The van der Waals surface area contributed by atoms with Gasteiger partial charge in [-0.05, 0) is 23.3 Å². The van der Waals surface area contributed by atoms with Crippen LogP contribution in [0.1, 0.15) is 11.1 Å². The lowest BCUT2D eigenvalue weighted by Gasteiger charge is -2.12. The Morgan fingerprint density at radius 1 is 1.09 bits per heavy atom. The SMILES string of the molecule is CN=C(NCc1ccc(F)cc1)NCc1ccc(OC)nc1.I. The summed E-state index contributed by atoms with van der Waals surface area (Å²) in [7, 11) is 3.29. The van der Waals surface area contributed by atoms with Gasteiger partial charge in [0.1, 0.15) is 5.82 Å². The fourth-order valence-electron chi connectivity index (χ4n) is 1.83. The summed E-state index contributed by atoms with van der Waals surface area (Å²) >= 11 is 0. The third kappa shape index (κ3) is 6.39. The van der Waals surface area contributed by atoms with E-state index in [1.54, 1.807) is 32.5 Å². The van der Waals surface area contributed by atoms with E-state index < -0.39 is 0 Å². The van der Waals surface area contributed by atoms with Crippen LogP contribution in [0.3, 0.4) is 0 Å². The second-order valence-corrected chi connectivity index (χ2v) is 4.61. The first-order chi connectivity index (χ1) is 10.7. The number of aliphatic imine (C=N–C) groups is 1. The Labute approximate surface area is 152 Å². The van der Waals surface area contributed by atoms with Crippen molar-refractivity contribution in [3.63, 3.8) is 0 Å². The van der Waals surface area contributed by atoms with Crippen molar-refractivity contribution in [1.82, 2.24) is 15.6 Å². The quantitative estimate of drug-likeness (QED) is 0.435. The smallest absolute Gasteiger partial charge is 0.212 e. The average molecular weight is 430 g/mol. The van der Waals surface area contributed by atoms with Crippen LogP contribution in [0.15, 0.2) is 47.6 Å². The maximum absolute atomic E-state index is 12.8. The van der Waals surface area contributed by atoms with Crippen LogP contribution >= 0.6 is 24.0 Å². The third-order valence-corrected chi connectivity index (χ3v) is 3.06. The minimum absolute atomic E-state index is 0. The zero-order chi connectivity index (χ0) is 15.8. The van der Waals surface area contributed by atoms with Crippen molar-refractivity contribution >= 4 is 29.9 Å². The molecule has 0 radical (unpaired) electrons. The van der Waals surface area contributed by atoms with Gasteiger partial charge < -0.3 is 15.4 Å². The molecule has 2 rings (SSSR count). The van der Waals surface area contributed by atoms with Crippen molar-refractivity contribution < 1.29 is 9.13 Å². The van der Waals surface area contributed by atoms with Gasteiger partial charge in [-0.3, -0.25) is 4.99 Å². The number of hydrogen-bond acceptors (Lipinski definition) is 3. The number of pyridine rings is 1. The fraction of sp³-hybridized carbons (Fsp3) is 0.250. The number of methoxy groups -OCH3 is 1. The first-order valence-electron chi connectivity index (χ1n) is 6.89. The lowest BCUT2D eigenvalue weighted by atomic mass is 10.2. The number of benzene rings is 1. The standard InChI is InChI=1S/C16H19FN4O.HI/c1-18-16(20-9-12-3-6-14(17)7-4-12)21-11-13-5-8-15(22-2)19-10-13;/h3-8,10H,9,11H2,1-2H3,(H2,18,20,21);1H. The zero-order valence-electron chi connectivity index (χ0n) is 13.0. The van der Waals surface area contributed by atoms with E-state index in [2.05, 4.69) is 20.6 Å². The van der Waals surface area contributed by atoms with Crippen LogP contribution in [-0.2, 0) is 13.1 Å². The van der Waals surface area contributed by atoms with E-state index in [1.807, 2.05) is 12.1 Å². The monoisotopic (exact) mass is 430 g/mol. The number of ether oxygens (including phenoxy) is 1. The molecule has 2 aromatic rings. The molecule has 2 N–H and O–H groups in total. The van der Waals surface area contributed by atoms with Gasteiger partial charge >= 0.3 is 0 Å². The van der Waals surface area contributed by atoms with E-state index in [4.69, 9.17) is 4.74 Å². The van der Waals surface area contributed by atoms with Gasteiger partial charge in [0, 0.05) is 32.4 Å². The number of nitrogens with zero attached hydrogens (tertiary/aromatic N) is 2. The molecule has 0 saturated carbocycles. The van der Waals surface area contributed by atoms with Gasteiger partial charge in [-0.15, -0.1) is 24.0 Å². The zero-order valence-corrected chi connectivity index (χ0v) is 15.4. The highest BCUT2D eigenvalue weighted by Gasteiger charge is 2.00.